The number of allylic oxidation sites excluding steroid dienone is 1. The van der Waals surface area contributed by atoms with Gasteiger partial charge in [0, 0.05) is 36.3 Å². The minimum absolute atomic E-state index is 0.0247. The number of Topliss-reactive ketones (excluding diaryl/α,β-unsaturated/α-hetero) is 1. The lowest BCUT2D eigenvalue weighted by Crippen LogP contribution is -2.51. The molecule has 0 amide bonds. The van der Waals surface area contributed by atoms with Crippen LogP contribution in [-0.4, -0.2) is 51.6 Å². The maximum atomic E-state index is 12.8. The van der Waals surface area contributed by atoms with E-state index in [1.165, 1.54) is 32.4 Å². The summed E-state index contributed by atoms with van der Waals surface area (Å²) < 4.78 is 5.37. The number of nitrogen functional groups attached to an aromatic ring is 1. The van der Waals surface area contributed by atoms with Crippen LogP contribution in [0.4, 0.5) is 5.82 Å². The number of aromatic nitrogens is 1. The van der Waals surface area contributed by atoms with Crippen molar-refractivity contribution < 1.29 is 19.4 Å². The van der Waals surface area contributed by atoms with Crippen molar-refractivity contribution >= 4 is 45.0 Å². The first kappa shape index (κ1) is 32.3. The third kappa shape index (κ3) is 7.40. The first-order chi connectivity index (χ1) is 21.3. The molecule has 2 bridgehead atoms. The van der Waals surface area contributed by atoms with Crippen LogP contribution < -0.4 is 15.8 Å². The molecule has 3 heterocycles. The van der Waals surface area contributed by atoms with E-state index in [9.17, 15) is 14.7 Å². The number of hydrogen-bond donors (Lipinski definition) is 3. The normalized spacial score (nSPS) is 23.0. The quantitative estimate of drug-likeness (QED) is 0.245. The van der Waals surface area contributed by atoms with E-state index in [-0.39, 0.29) is 34.5 Å². The number of benzene rings is 1. The Balaban J connectivity index is 1.60. The van der Waals surface area contributed by atoms with Gasteiger partial charge in [0.15, 0.2) is 17.3 Å². The Morgan fingerprint density at radius 3 is 2.70 bits per heavy atom. The number of phenolic OH excluding ortho intramolecular Hbond substituents is 1. The van der Waals surface area contributed by atoms with E-state index < -0.39 is 0 Å². The predicted octanol–water partition coefficient (Wildman–Crippen LogP) is 6.79. The highest BCUT2D eigenvalue weighted by molar-refractivity contribution is 8.76. The van der Waals surface area contributed by atoms with Gasteiger partial charge >= 0.3 is 0 Å². The molecular formula is C34H44N4O4S2. The van der Waals surface area contributed by atoms with Gasteiger partial charge in [-0.3, -0.25) is 9.59 Å². The molecule has 3 aliphatic rings. The Morgan fingerprint density at radius 1 is 1.16 bits per heavy atom. The number of fused-ring (bicyclic) bond motifs is 3. The van der Waals surface area contributed by atoms with Gasteiger partial charge in [0.25, 0.3) is 0 Å². The number of ketones is 2. The molecule has 2 atom stereocenters. The highest BCUT2D eigenvalue weighted by Crippen LogP contribution is 2.55. The first-order valence-electron chi connectivity index (χ1n) is 15.6. The lowest BCUT2D eigenvalue weighted by atomic mass is 9.75. The number of carbonyl (C=O) groups is 2. The number of nitrogens with zero attached hydrogens (tertiary/aromatic N) is 2. The average molecular weight is 637 g/mol. The molecule has 2 aromatic rings. The number of pyridine rings is 1. The maximum absolute atomic E-state index is 12.8. The number of nitrogens with two attached hydrogens (primary N) is 1. The molecule has 1 saturated carbocycles. The van der Waals surface area contributed by atoms with Crippen LogP contribution in [-0.2, 0) is 16.0 Å². The molecule has 10 heteroatoms. The van der Waals surface area contributed by atoms with Crippen LogP contribution in [0.1, 0.15) is 92.2 Å². The SMILES string of the molecule is CCC1CCC(=O)CC(=O)C=Cc2cc(OC)c(O)cc2Cc2cnc(N)c(c2)C(C2(N3C=CNC3)CCCCC2)SSC1. The second-order valence-corrected chi connectivity index (χ2v) is 14.6. The number of phenols is 1. The smallest absolute Gasteiger partial charge is 0.163 e. The van der Waals surface area contributed by atoms with Crippen molar-refractivity contribution in [3.8, 4) is 11.5 Å². The number of nitrogens with one attached hydrogen (secondary N) is 1. The third-order valence-corrected chi connectivity index (χ3v) is 12.3. The summed E-state index contributed by atoms with van der Waals surface area (Å²) >= 11 is 0. The van der Waals surface area contributed by atoms with E-state index >= 15 is 0 Å². The molecule has 0 spiro atoms. The Kier molecular flexibility index (Phi) is 10.8. The van der Waals surface area contributed by atoms with Gasteiger partial charge in [-0.2, -0.15) is 0 Å². The van der Waals surface area contributed by atoms with Crippen molar-refractivity contribution in [1.82, 2.24) is 15.2 Å². The number of methoxy groups -OCH3 is 1. The molecule has 1 fully saturated rings. The summed E-state index contributed by atoms with van der Waals surface area (Å²) in [5.74, 6) is 1.94. The molecule has 2 unspecified atom stereocenters. The Hall–Kier alpha value is -3.11. The van der Waals surface area contributed by atoms with Crippen LogP contribution >= 0.6 is 21.6 Å². The lowest BCUT2D eigenvalue weighted by Gasteiger charge is -2.49. The standard InChI is InChI=1S/C34H44N4O4S2/c1-3-23-7-9-27(39)19-28(40)10-8-25-18-31(42-2)30(41)17-26(25)15-24-16-29(33(35)37-20-24)32(44-43-21-23)34(11-5-4-6-12-34)38-14-13-36-22-38/h8,10,13-14,16-18,20,23,32,36,41H,3-7,9,11-12,15,19,21-22H2,1-2H3,(H2,35,37). The van der Waals surface area contributed by atoms with E-state index in [0.717, 1.165) is 60.4 Å². The van der Waals surface area contributed by atoms with Crippen LogP contribution in [0.5, 0.6) is 11.5 Å². The lowest BCUT2D eigenvalue weighted by molar-refractivity contribution is -0.124. The summed E-state index contributed by atoms with van der Waals surface area (Å²) in [6.07, 6.45) is 17.4. The summed E-state index contributed by atoms with van der Waals surface area (Å²) in [6.45, 7) is 2.95. The summed E-state index contributed by atoms with van der Waals surface area (Å²) in [5.41, 5.74) is 10.2. The average Bonchev–Trinajstić information content (AvgIpc) is 3.57. The largest absolute Gasteiger partial charge is 0.504 e. The maximum Gasteiger partial charge on any atom is 0.163 e. The number of ether oxygens (including phenoxy) is 1. The molecule has 5 rings (SSSR count). The molecular weight excluding hydrogens is 593 g/mol. The van der Waals surface area contributed by atoms with E-state index in [1.54, 1.807) is 18.2 Å². The van der Waals surface area contributed by atoms with Gasteiger partial charge in [-0.15, -0.1) is 0 Å². The highest BCUT2D eigenvalue weighted by atomic mass is 33.1. The van der Waals surface area contributed by atoms with E-state index in [1.807, 2.05) is 34.0 Å². The molecule has 236 valence electrons. The molecule has 0 saturated heterocycles. The number of anilines is 1. The number of aromatic hydroxyl groups is 1. The first-order valence-corrected chi connectivity index (χ1v) is 18.0. The summed E-state index contributed by atoms with van der Waals surface area (Å²) in [7, 11) is 5.26. The van der Waals surface area contributed by atoms with Crippen molar-refractivity contribution in [3.63, 3.8) is 0 Å². The number of carbonyl (C=O) groups excluding carboxylic acids is 2. The minimum atomic E-state index is -0.227. The van der Waals surface area contributed by atoms with E-state index in [0.29, 0.717) is 30.3 Å². The molecule has 8 nitrogen and oxygen atoms in total. The van der Waals surface area contributed by atoms with Crippen molar-refractivity contribution in [2.45, 2.75) is 81.9 Å². The van der Waals surface area contributed by atoms with Crippen LogP contribution in [0, 0.1) is 5.92 Å². The fraction of sp³-hybridized carbons (Fsp3) is 0.500. The van der Waals surface area contributed by atoms with Crippen LogP contribution in [0.15, 0.2) is 42.9 Å². The van der Waals surface area contributed by atoms with Gasteiger partial charge in [0.1, 0.15) is 11.6 Å². The number of hydrogen-bond acceptors (Lipinski definition) is 10. The second-order valence-electron chi connectivity index (χ2n) is 12.1. The molecule has 1 aliphatic carbocycles. The highest BCUT2D eigenvalue weighted by Gasteiger charge is 2.46. The van der Waals surface area contributed by atoms with Gasteiger partial charge < -0.3 is 25.8 Å². The van der Waals surface area contributed by atoms with Crippen LogP contribution in [0.25, 0.3) is 6.08 Å². The summed E-state index contributed by atoms with van der Waals surface area (Å²) in [5, 5.41) is 14.1. The van der Waals surface area contributed by atoms with Gasteiger partial charge in [0.05, 0.1) is 31.0 Å². The molecule has 0 radical (unpaired) electrons. The topological polar surface area (TPSA) is 118 Å². The van der Waals surface area contributed by atoms with Crippen molar-refractivity contribution in [2.75, 3.05) is 25.3 Å². The molecule has 44 heavy (non-hydrogen) atoms. The van der Waals surface area contributed by atoms with Gasteiger partial charge in [-0.25, -0.2) is 4.98 Å². The zero-order valence-corrected chi connectivity index (χ0v) is 27.4. The Labute approximate surface area is 268 Å². The van der Waals surface area contributed by atoms with E-state index in [2.05, 4.69) is 29.4 Å². The zero-order valence-electron chi connectivity index (χ0n) is 25.7. The fourth-order valence-corrected chi connectivity index (χ4v) is 10.3. The van der Waals surface area contributed by atoms with Gasteiger partial charge in [0.2, 0.25) is 0 Å². The summed E-state index contributed by atoms with van der Waals surface area (Å²) in [4.78, 5) is 32.7. The van der Waals surface area contributed by atoms with E-state index in [4.69, 9.17) is 15.5 Å². The molecule has 2 aliphatic heterocycles. The summed E-state index contributed by atoms with van der Waals surface area (Å²) in [6, 6.07) is 5.60. The number of rotatable bonds is 4. The van der Waals surface area contributed by atoms with Gasteiger partial charge in [-0.1, -0.05) is 60.3 Å². The fourth-order valence-electron chi connectivity index (χ4n) is 6.61. The van der Waals surface area contributed by atoms with Crippen LogP contribution in [0.3, 0.4) is 0 Å². The van der Waals surface area contributed by atoms with Crippen molar-refractivity contribution in [1.29, 1.82) is 0 Å². The Bertz CT molecular complexity index is 1410. The van der Waals surface area contributed by atoms with Gasteiger partial charge in [-0.05, 0) is 72.6 Å². The van der Waals surface area contributed by atoms with Crippen molar-refractivity contribution in [2.24, 2.45) is 5.92 Å². The predicted molar refractivity (Wildman–Crippen MR) is 180 cm³/mol. The second kappa shape index (κ2) is 14.8. The third-order valence-electron chi connectivity index (χ3n) is 9.23. The zero-order chi connectivity index (χ0) is 31.1. The molecule has 4 N–H and O–H groups in total. The molecule has 1 aromatic heterocycles. The minimum Gasteiger partial charge on any atom is -0.504 e. The molecule has 1 aromatic carbocycles. The van der Waals surface area contributed by atoms with Crippen molar-refractivity contribution in [3.05, 3.63) is 65.1 Å². The van der Waals surface area contributed by atoms with Crippen LogP contribution in [0.2, 0.25) is 0 Å². The monoisotopic (exact) mass is 636 g/mol. The Morgan fingerprint density at radius 2 is 1.98 bits per heavy atom.